The summed E-state index contributed by atoms with van der Waals surface area (Å²) in [6.07, 6.45) is 2.27. The third-order valence-electron chi connectivity index (χ3n) is 3.05. The number of ether oxygens (including phenoxy) is 1. The van der Waals surface area contributed by atoms with Gasteiger partial charge in [-0.2, -0.15) is 0 Å². The van der Waals surface area contributed by atoms with Crippen LogP contribution in [0.4, 0.5) is 5.82 Å². The molecule has 0 spiro atoms. The van der Waals surface area contributed by atoms with E-state index < -0.39 is 12.1 Å². The molecule has 1 saturated heterocycles. The van der Waals surface area contributed by atoms with Crippen LogP contribution in [0.3, 0.4) is 0 Å². The van der Waals surface area contributed by atoms with Crippen LogP contribution in [0.5, 0.6) is 0 Å². The van der Waals surface area contributed by atoms with Crippen molar-refractivity contribution in [3.63, 3.8) is 0 Å². The van der Waals surface area contributed by atoms with Gasteiger partial charge < -0.3 is 19.3 Å². The Labute approximate surface area is 110 Å². The quantitative estimate of drug-likeness (QED) is 0.837. The molecular weight excluding hydrogens is 250 g/mol. The Morgan fingerprint density at radius 1 is 1.58 bits per heavy atom. The standard InChI is InChI=1S/C12H17N3O4/c1-8(2)15-4-3-13-10(11(15)16)14-5-6-19-9(7-14)12(17)18/h3-4,8-9H,5-7H2,1-2H3,(H,17,18). The molecule has 0 radical (unpaired) electrons. The number of nitrogens with zero attached hydrogens (tertiary/aromatic N) is 3. The molecule has 0 amide bonds. The van der Waals surface area contributed by atoms with Crippen molar-refractivity contribution in [2.75, 3.05) is 24.6 Å². The summed E-state index contributed by atoms with van der Waals surface area (Å²) in [5, 5.41) is 8.96. The Kier molecular flexibility index (Phi) is 3.84. The summed E-state index contributed by atoms with van der Waals surface area (Å²) in [6, 6.07) is 0.0329. The molecule has 1 N–H and O–H groups in total. The summed E-state index contributed by atoms with van der Waals surface area (Å²) in [5.41, 5.74) is -0.205. The average molecular weight is 267 g/mol. The predicted octanol–water partition coefficient (Wildman–Crippen LogP) is 0.114. The second-order valence-corrected chi connectivity index (χ2v) is 4.70. The van der Waals surface area contributed by atoms with E-state index in [1.54, 1.807) is 21.9 Å². The Morgan fingerprint density at radius 3 is 2.95 bits per heavy atom. The summed E-state index contributed by atoms with van der Waals surface area (Å²) in [5.74, 6) is -0.740. The van der Waals surface area contributed by atoms with Crippen molar-refractivity contribution in [1.82, 2.24) is 9.55 Å². The minimum Gasteiger partial charge on any atom is -0.479 e. The van der Waals surface area contributed by atoms with E-state index in [0.717, 1.165) is 0 Å². The number of aromatic nitrogens is 2. The van der Waals surface area contributed by atoms with Crippen molar-refractivity contribution in [1.29, 1.82) is 0 Å². The first-order valence-corrected chi connectivity index (χ1v) is 6.17. The summed E-state index contributed by atoms with van der Waals surface area (Å²) in [7, 11) is 0. The van der Waals surface area contributed by atoms with Gasteiger partial charge in [-0.3, -0.25) is 4.79 Å². The van der Waals surface area contributed by atoms with E-state index in [-0.39, 0.29) is 30.6 Å². The molecule has 7 nitrogen and oxygen atoms in total. The first-order valence-electron chi connectivity index (χ1n) is 6.17. The zero-order valence-electron chi connectivity index (χ0n) is 10.9. The lowest BCUT2D eigenvalue weighted by atomic mass is 10.2. The van der Waals surface area contributed by atoms with E-state index in [1.807, 2.05) is 13.8 Å². The predicted molar refractivity (Wildman–Crippen MR) is 68.5 cm³/mol. The van der Waals surface area contributed by atoms with Crippen LogP contribution in [0.2, 0.25) is 0 Å². The lowest BCUT2D eigenvalue weighted by Gasteiger charge is -2.31. The van der Waals surface area contributed by atoms with Crippen molar-refractivity contribution in [2.45, 2.75) is 26.0 Å². The molecule has 1 aliphatic rings. The molecule has 19 heavy (non-hydrogen) atoms. The highest BCUT2D eigenvalue weighted by atomic mass is 16.5. The van der Waals surface area contributed by atoms with E-state index in [9.17, 15) is 9.59 Å². The molecule has 1 aromatic rings. The van der Waals surface area contributed by atoms with Crippen molar-refractivity contribution < 1.29 is 14.6 Å². The largest absolute Gasteiger partial charge is 0.479 e. The van der Waals surface area contributed by atoms with E-state index in [4.69, 9.17) is 9.84 Å². The third-order valence-corrected chi connectivity index (χ3v) is 3.05. The van der Waals surface area contributed by atoms with E-state index in [0.29, 0.717) is 6.54 Å². The van der Waals surface area contributed by atoms with E-state index in [1.165, 1.54) is 0 Å². The number of carbonyl (C=O) groups is 1. The van der Waals surface area contributed by atoms with Crippen LogP contribution >= 0.6 is 0 Å². The van der Waals surface area contributed by atoms with Crippen molar-refractivity contribution in [2.24, 2.45) is 0 Å². The topological polar surface area (TPSA) is 84.7 Å². The van der Waals surface area contributed by atoms with Gasteiger partial charge in [0.05, 0.1) is 13.2 Å². The molecule has 0 aromatic carbocycles. The normalized spacial score (nSPS) is 19.7. The molecule has 104 valence electrons. The van der Waals surface area contributed by atoms with Gasteiger partial charge in [0.2, 0.25) is 0 Å². The second-order valence-electron chi connectivity index (χ2n) is 4.70. The van der Waals surface area contributed by atoms with Crippen LogP contribution in [0, 0.1) is 0 Å². The Bertz CT molecular complexity index is 526. The number of carboxylic acids is 1. The summed E-state index contributed by atoms with van der Waals surface area (Å²) in [6.45, 7) is 4.69. The maximum Gasteiger partial charge on any atom is 0.334 e. The maximum absolute atomic E-state index is 12.3. The summed E-state index contributed by atoms with van der Waals surface area (Å²) in [4.78, 5) is 28.9. The molecule has 1 aliphatic heterocycles. The van der Waals surface area contributed by atoms with Crippen molar-refractivity contribution in [3.05, 3.63) is 22.7 Å². The monoisotopic (exact) mass is 267 g/mol. The third kappa shape index (κ3) is 2.76. The second kappa shape index (κ2) is 5.40. The van der Waals surface area contributed by atoms with Gasteiger partial charge in [0.25, 0.3) is 5.56 Å². The molecule has 2 rings (SSSR count). The summed E-state index contributed by atoms with van der Waals surface area (Å²) < 4.78 is 6.71. The number of carboxylic acid groups (broad SMARTS) is 1. The van der Waals surface area contributed by atoms with Crippen molar-refractivity contribution >= 4 is 11.8 Å². The molecule has 1 aromatic heterocycles. The molecule has 1 unspecified atom stereocenters. The maximum atomic E-state index is 12.3. The number of morpholine rings is 1. The van der Waals surface area contributed by atoms with E-state index in [2.05, 4.69) is 4.98 Å². The zero-order valence-corrected chi connectivity index (χ0v) is 10.9. The Hall–Kier alpha value is -1.89. The molecule has 1 atom stereocenters. The highest BCUT2D eigenvalue weighted by Gasteiger charge is 2.28. The number of anilines is 1. The van der Waals surface area contributed by atoms with Gasteiger partial charge in [-0.15, -0.1) is 0 Å². The lowest BCUT2D eigenvalue weighted by molar-refractivity contribution is -0.150. The van der Waals surface area contributed by atoms with Gasteiger partial charge in [-0.05, 0) is 13.8 Å². The van der Waals surface area contributed by atoms with Gasteiger partial charge in [-0.1, -0.05) is 0 Å². The summed E-state index contributed by atoms with van der Waals surface area (Å²) >= 11 is 0. The van der Waals surface area contributed by atoms with Crippen LogP contribution in [0.1, 0.15) is 19.9 Å². The number of hydrogen-bond acceptors (Lipinski definition) is 5. The minimum atomic E-state index is -1.02. The first-order chi connectivity index (χ1) is 9.00. The minimum absolute atomic E-state index is 0.0329. The molecule has 1 fully saturated rings. The first kappa shape index (κ1) is 13.5. The highest BCUT2D eigenvalue weighted by molar-refractivity contribution is 5.73. The van der Waals surface area contributed by atoms with Gasteiger partial charge in [0, 0.05) is 25.0 Å². The number of aliphatic carboxylic acids is 1. The lowest BCUT2D eigenvalue weighted by Crippen LogP contribution is -2.48. The number of hydrogen-bond donors (Lipinski definition) is 1. The van der Waals surface area contributed by atoms with Crippen molar-refractivity contribution in [3.8, 4) is 0 Å². The van der Waals surface area contributed by atoms with Gasteiger partial charge in [0.15, 0.2) is 11.9 Å². The van der Waals surface area contributed by atoms with Crippen LogP contribution in [-0.2, 0) is 9.53 Å². The van der Waals surface area contributed by atoms with Crippen LogP contribution < -0.4 is 10.5 Å². The molecule has 7 heteroatoms. The molecule has 0 saturated carbocycles. The van der Waals surface area contributed by atoms with Crippen LogP contribution in [0.15, 0.2) is 17.2 Å². The van der Waals surface area contributed by atoms with E-state index >= 15 is 0 Å². The fourth-order valence-corrected chi connectivity index (χ4v) is 2.03. The van der Waals surface area contributed by atoms with Crippen LogP contribution in [0.25, 0.3) is 0 Å². The number of rotatable bonds is 3. The Morgan fingerprint density at radius 2 is 2.32 bits per heavy atom. The van der Waals surface area contributed by atoms with Gasteiger partial charge in [-0.25, -0.2) is 9.78 Å². The fraction of sp³-hybridized carbons (Fsp3) is 0.583. The van der Waals surface area contributed by atoms with Gasteiger partial charge in [0.1, 0.15) is 0 Å². The van der Waals surface area contributed by atoms with Gasteiger partial charge >= 0.3 is 5.97 Å². The average Bonchev–Trinajstić information content (AvgIpc) is 2.38. The fourth-order valence-electron chi connectivity index (χ4n) is 2.03. The molecular formula is C12H17N3O4. The molecule has 0 bridgehead atoms. The van der Waals surface area contributed by atoms with Crippen LogP contribution in [-0.4, -0.2) is 46.4 Å². The smallest absolute Gasteiger partial charge is 0.334 e. The Balaban J connectivity index is 2.29. The highest BCUT2D eigenvalue weighted by Crippen LogP contribution is 2.12. The molecule has 0 aliphatic carbocycles. The molecule has 2 heterocycles. The zero-order chi connectivity index (χ0) is 14.0. The SMILES string of the molecule is CC(C)n1ccnc(N2CCOC(C(=O)O)C2)c1=O.